The van der Waals surface area contributed by atoms with Crippen molar-refractivity contribution in [3.63, 3.8) is 0 Å². The number of carbonyl (C=O) groups excluding carboxylic acids is 1. The van der Waals surface area contributed by atoms with E-state index in [0.717, 1.165) is 18.4 Å². The number of benzene rings is 1. The molecule has 0 amide bonds. The molecule has 1 aliphatic rings. The molecule has 1 fully saturated rings. The summed E-state index contributed by atoms with van der Waals surface area (Å²) in [5.74, 6) is -0.513. The number of hydrogen-bond donors (Lipinski definition) is 0. The van der Waals surface area contributed by atoms with Gasteiger partial charge in [-0.3, -0.25) is 4.79 Å². The fourth-order valence-electron chi connectivity index (χ4n) is 2.72. The molecule has 9 heteroatoms. The number of esters is 1. The van der Waals surface area contributed by atoms with Gasteiger partial charge in [0.15, 0.2) is 0 Å². The number of hydrogen-bond acceptors (Lipinski definition) is 5. The van der Waals surface area contributed by atoms with Gasteiger partial charge in [-0.05, 0) is 49.3 Å². The van der Waals surface area contributed by atoms with Gasteiger partial charge >= 0.3 is 21.6 Å². The number of rotatable bonds is 4. The molecule has 0 unspecified atom stereocenters. The predicted molar refractivity (Wildman–Crippen MR) is 78.8 cm³/mol. The van der Waals surface area contributed by atoms with Gasteiger partial charge in [-0.15, -0.1) is 0 Å². The van der Waals surface area contributed by atoms with Gasteiger partial charge in [0, 0.05) is 6.92 Å². The van der Waals surface area contributed by atoms with E-state index in [1.54, 1.807) is 12.1 Å². The molecule has 1 aliphatic carbocycles. The number of carbonyl (C=O) groups is 1. The highest BCUT2D eigenvalue weighted by Gasteiger charge is 2.48. The lowest BCUT2D eigenvalue weighted by Gasteiger charge is -2.28. The molecule has 0 atom stereocenters. The fourth-order valence-corrected chi connectivity index (χ4v) is 3.18. The highest BCUT2D eigenvalue weighted by molar-refractivity contribution is 7.87. The second-order valence-electron chi connectivity index (χ2n) is 5.64. The largest absolute Gasteiger partial charge is 0.534 e. The summed E-state index contributed by atoms with van der Waals surface area (Å²) in [5, 5.41) is 0. The Labute approximate surface area is 137 Å². The lowest BCUT2D eigenvalue weighted by atomic mass is 9.83. The predicted octanol–water partition coefficient (Wildman–Crippen LogP) is 3.50. The maximum atomic E-state index is 12.3. The summed E-state index contributed by atoms with van der Waals surface area (Å²) >= 11 is 0. The van der Waals surface area contributed by atoms with E-state index >= 15 is 0 Å². The van der Waals surface area contributed by atoms with E-state index < -0.39 is 15.6 Å². The van der Waals surface area contributed by atoms with Gasteiger partial charge in [0.05, 0.1) is 0 Å². The van der Waals surface area contributed by atoms with Gasteiger partial charge in [0.1, 0.15) is 11.9 Å². The van der Waals surface area contributed by atoms with Crippen LogP contribution in [0.15, 0.2) is 24.3 Å². The zero-order chi connectivity index (χ0) is 18.0. The zero-order valence-electron chi connectivity index (χ0n) is 12.9. The van der Waals surface area contributed by atoms with Crippen LogP contribution in [0.2, 0.25) is 0 Å². The first-order chi connectivity index (χ1) is 11.1. The summed E-state index contributed by atoms with van der Waals surface area (Å²) in [7, 11) is -5.66. The first-order valence-corrected chi connectivity index (χ1v) is 8.77. The van der Waals surface area contributed by atoms with Crippen LogP contribution in [0.4, 0.5) is 13.2 Å². The molecule has 0 saturated heterocycles. The quantitative estimate of drug-likeness (QED) is 0.463. The van der Waals surface area contributed by atoms with Crippen LogP contribution in [0.1, 0.15) is 44.1 Å². The molecule has 0 bridgehead atoms. The van der Waals surface area contributed by atoms with Crippen molar-refractivity contribution in [1.82, 2.24) is 0 Å². The Bertz CT molecular complexity index is 674. The number of alkyl halides is 3. The third-order valence-electron chi connectivity index (χ3n) is 3.85. The molecule has 0 radical (unpaired) electrons. The van der Waals surface area contributed by atoms with Crippen molar-refractivity contribution < 1.29 is 35.3 Å². The molecule has 0 aromatic heterocycles. The smallest absolute Gasteiger partial charge is 0.463 e. The van der Waals surface area contributed by atoms with E-state index in [4.69, 9.17) is 4.74 Å². The molecule has 1 aromatic carbocycles. The van der Waals surface area contributed by atoms with Crippen LogP contribution in [0, 0.1) is 0 Å². The minimum absolute atomic E-state index is 0.0988. The molecule has 24 heavy (non-hydrogen) atoms. The van der Waals surface area contributed by atoms with E-state index in [1.807, 2.05) is 0 Å². The van der Waals surface area contributed by atoms with Crippen molar-refractivity contribution in [1.29, 1.82) is 0 Å². The maximum Gasteiger partial charge on any atom is 0.534 e. The van der Waals surface area contributed by atoms with E-state index in [1.165, 1.54) is 19.1 Å². The van der Waals surface area contributed by atoms with Crippen molar-refractivity contribution in [3.05, 3.63) is 29.8 Å². The van der Waals surface area contributed by atoms with Crippen LogP contribution in [-0.2, 0) is 19.6 Å². The van der Waals surface area contributed by atoms with Crippen molar-refractivity contribution in [2.45, 2.75) is 50.1 Å². The Morgan fingerprint density at radius 3 is 2.08 bits per heavy atom. The molecular formula is C15H17F3O5S. The van der Waals surface area contributed by atoms with E-state index in [2.05, 4.69) is 4.18 Å². The normalized spacial score (nSPS) is 22.0. The summed E-state index contributed by atoms with van der Waals surface area (Å²) in [6.45, 7) is 1.36. The monoisotopic (exact) mass is 366 g/mol. The van der Waals surface area contributed by atoms with Crippen LogP contribution in [-0.4, -0.2) is 26.0 Å². The molecule has 134 valence electrons. The molecule has 0 heterocycles. The Balaban J connectivity index is 1.97. The first-order valence-electron chi connectivity index (χ1n) is 7.36. The molecule has 0 N–H and O–H groups in total. The summed E-state index contributed by atoms with van der Waals surface area (Å²) < 4.78 is 67.9. The van der Waals surface area contributed by atoms with Crippen molar-refractivity contribution in [2.24, 2.45) is 0 Å². The lowest BCUT2D eigenvalue weighted by molar-refractivity contribution is -0.147. The fraction of sp³-hybridized carbons (Fsp3) is 0.533. The lowest BCUT2D eigenvalue weighted by Crippen LogP contribution is -2.28. The summed E-state index contributed by atoms with van der Waals surface area (Å²) in [5.41, 5.74) is -4.58. The Hall–Kier alpha value is -1.77. The third-order valence-corrected chi connectivity index (χ3v) is 4.83. The molecule has 0 spiro atoms. The Morgan fingerprint density at radius 1 is 1.08 bits per heavy atom. The van der Waals surface area contributed by atoms with Gasteiger partial charge < -0.3 is 8.92 Å². The molecule has 1 aromatic rings. The maximum absolute atomic E-state index is 12.3. The molecule has 2 rings (SSSR count). The first kappa shape index (κ1) is 18.6. The van der Waals surface area contributed by atoms with Crippen molar-refractivity contribution in [2.75, 3.05) is 0 Å². The van der Waals surface area contributed by atoms with Gasteiger partial charge in [0.25, 0.3) is 0 Å². The number of halogens is 3. The van der Waals surface area contributed by atoms with Crippen LogP contribution >= 0.6 is 0 Å². The summed E-state index contributed by atoms with van der Waals surface area (Å²) in [6.07, 6.45) is 2.88. The highest BCUT2D eigenvalue weighted by Crippen LogP contribution is 2.35. The molecule has 1 saturated carbocycles. The third kappa shape index (κ3) is 4.62. The molecular weight excluding hydrogens is 349 g/mol. The standard InChI is InChI=1S/C15H17F3O5S/c1-10(19)22-13-6-2-11(3-7-13)12-4-8-14(9-5-12)23-24(20,21)15(16,17)18/h4-5,8-9,11,13H,2-3,6-7H2,1H3. The number of ether oxygens (including phenoxy) is 1. The Morgan fingerprint density at radius 2 is 1.62 bits per heavy atom. The van der Waals surface area contributed by atoms with Gasteiger partial charge in [-0.1, -0.05) is 12.1 Å². The second-order valence-corrected chi connectivity index (χ2v) is 7.17. The van der Waals surface area contributed by atoms with E-state index in [9.17, 15) is 26.4 Å². The van der Waals surface area contributed by atoms with E-state index in [0.29, 0.717) is 12.8 Å². The van der Waals surface area contributed by atoms with Crippen LogP contribution in [0.3, 0.4) is 0 Å². The van der Waals surface area contributed by atoms with Gasteiger partial charge in [-0.25, -0.2) is 0 Å². The average molecular weight is 366 g/mol. The SMILES string of the molecule is CC(=O)OC1CCC(c2ccc(OS(=O)(=O)C(F)(F)F)cc2)CC1. The summed E-state index contributed by atoms with van der Waals surface area (Å²) in [6, 6.07) is 5.52. The molecule has 5 nitrogen and oxygen atoms in total. The second kappa shape index (κ2) is 7.00. The highest BCUT2D eigenvalue weighted by atomic mass is 32.2. The average Bonchev–Trinajstić information content (AvgIpc) is 2.47. The van der Waals surface area contributed by atoms with Crippen LogP contribution < -0.4 is 4.18 Å². The minimum Gasteiger partial charge on any atom is -0.463 e. The van der Waals surface area contributed by atoms with Crippen LogP contribution in [0.25, 0.3) is 0 Å². The zero-order valence-corrected chi connectivity index (χ0v) is 13.7. The van der Waals surface area contributed by atoms with Gasteiger partial charge in [-0.2, -0.15) is 21.6 Å². The Kier molecular flexibility index (Phi) is 5.42. The minimum atomic E-state index is -5.66. The van der Waals surface area contributed by atoms with Crippen molar-refractivity contribution in [3.8, 4) is 5.75 Å². The van der Waals surface area contributed by atoms with Gasteiger partial charge in [0.2, 0.25) is 0 Å². The summed E-state index contributed by atoms with van der Waals surface area (Å²) in [4.78, 5) is 10.9. The topological polar surface area (TPSA) is 69.7 Å². The molecule has 0 aliphatic heterocycles. The van der Waals surface area contributed by atoms with Crippen LogP contribution in [0.5, 0.6) is 5.75 Å². The van der Waals surface area contributed by atoms with E-state index in [-0.39, 0.29) is 23.7 Å². The van der Waals surface area contributed by atoms with Crippen molar-refractivity contribution >= 4 is 16.1 Å².